The van der Waals surface area contributed by atoms with Crippen molar-refractivity contribution in [1.82, 2.24) is 9.27 Å². The van der Waals surface area contributed by atoms with Gasteiger partial charge in [-0.15, -0.1) is 0 Å². The molecule has 6 rings (SSSR count). The number of fused-ring (bicyclic) bond motifs is 1. The van der Waals surface area contributed by atoms with Crippen LogP contribution in [0.4, 0.5) is 0 Å². The van der Waals surface area contributed by atoms with Crippen molar-refractivity contribution in [3.8, 4) is 0 Å². The maximum atomic E-state index is 12.6. The Morgan fingerprint density at radius 3 is 2.40 bits per heavy atom. The quantitative estimate of drug-likeness (QED) is 0.911. The third kappa shape index (κ3) is 2.73. The highest BCUT2D eigenvalue weighted by Gasteiger charge is 2.51. The van der Waals surface area contributed by atoms with Crippen LogP contribution in [0.1, 0.15) is 44.9 Å². The highest BCUT2D eigenvalue weighted by Crippen LogP contribution is 2.55. The zero-order chi connectivity index (χ0) is 17.0. The largest absolute Gasteiger partial charge is 0.351 e. The number of nitrogens with one attached hydrogen (secondary N) is 1. The molecule has 1 aromatic heterocycles. The Bertz CT molecular complexity index is 846. The molecule has 1 aromatic carbocycles. The minimum atomic E-state index is 0.0307. The number of hydrogen-bond acceptors (Lipinski definition) is 3. The lowest BCUT2D eigenvalue weighted by Crippen LogP contribution is -2.59. The molecule has 4 bridgehead atoms. The van der Waals surface area contributed by atoms with E-state index in [0.717, 1.165) is 27.8 Å². The number of carbonyl (C=O) groups excluding carboxylic acids is 1. The van der Waals surface area contributed by atoms with Gasteiger partial charge in [-0.25, -0.2) is 0 Å². The van der Waals surface area contributed by atoms with Crippen molar-refractivity contribution in [3.05, 3.63) is 34.6 Å². The Kier molecular flexibility index (Phi) is 3.56. The molecule has 4 nitrogen and oxygen atoms in total. The average Bonchev–Trinajstić information content (AvgIpc) is 2.88. The van der Waals surface area contributed by atoms with Gasteiger partial charge < -0.3 is 5.32 Å². The van der Waals surface area contributed by atoms with E-state index in [1.54, 1.807) is 3.96 Å². The molecule has 25 heavy (non-hydrogen) atoms. The standard InChI is InChI=1S/C20H24N2O2S/c23-18(5-6-22-19(24)16-3-1-2-4-17(16)25-22)21-20-10-13-7-14(11-20)9-15(8-13)12-20/h1-4,13-15H,5-12H2,(H,21,23). The summed E-state index contributed by atoms with van der Waals surface area (Å²) in [6.07, 6.45) is 8.06. The second kappa shape index (κ2) is 5.70. The maximum absolute atomic E-state index is 12.6. The van der Waals surface area contributed by atoms with Crippen molar-refractivity contribution < 1.29 is 4.79 Å². The number of rotatable bonds is 4. The minimum absolute atomic E-state index is 0.0307. The van der Waals surface area contributed by atoms with Gasteiger partial charge >= 0.3 is 0 Å². The smallest absolute Gasteiger partial charge is 0.268 e. The second-order valence-corrected chi connectivity index (χ2v) is 9.55. The molecule has 4 saturated carbocycles. The van der Waals surface area contributed by atoms with Crippen LogP contribution >= 0.6 is 11.5 Å². The van der Waals surface area contributed by atoms with Crippen LogP contribution in [0.2, 0.25) is 0 Å². The van der Waals surface area contributed by atoms with E-state index in [0.29, 0.717) is 13.0 Å². The van der Waals surface area contributed by atoms with Crippen LogP contribution in [0.15, 0.2) is 29.1 Å². The fourth-order valence-electron chi connectivity index (χ4n) is 5.99. The average molecular weight is 356 g/mol. The minimum Gasteiger partial charge on any atom is -0.351 e. The highest BCUT2D eigenvalue weighted by atomic mass is 32.1. The van der Waals surface area contributed by atoms with Gasteiger partial charge in [0.25, 0.3) is 5.56 Å². The van der Waals surface area contributed by atoms with E-state index in [2.05, 4.69) is 5.32 Å². The SMILES string of the molecule is O=C(CCn1sc2ccccc2c1=O)NC12CC3CC(CC(C3)C1)C2. The zero-order valence-corrected chi connectivity index (χ0v) is 15.2. The molecule has 0 spiro atoms. The van der Waals surface area contributed by atoms with Crippen LogP contribution in [-0.2, 0) is 11.3 Å². The van der Waals surface area contributed by atoms with Crippen molar-refractivity contribution >= 4 is 27.5 Å². The lowest BCUT2D eigenvalue weighted by molar-refractivity contribution is -0.127. The molecule has 0 aliphatic heterocycles. The summed E-state index contributed by atoms with van der Waals surface area (Å²) in [5.41, 5.74) is 0.0972. The van der Waals surface area contributed by atoms with Crippen LogP contribution in [0.3, 0.4) is 0 Å². The predicted molar refractivity (Wildman–Crippen MR) is 99.7 cm³/mol. The normalized spacial score (nSPS) is 33.0. The lowest BCUT2D eigenvalue weighted by atomic mass is 9.53. The van der Waals surface area contributed by atoms with E-state index in [1.165, 1.54) is 50.1 Å². The molecule has 5 heteroatoms. The predicted octanol–water partition coefficient (Wildman–Crippen LogP) is 3.54. The molecule has 4 aliphatic rings. The summed E-state index contributed by atoms with van der Waals surface area (Å²) in [6.45, 7) is 0.483. The van der Waals surface area contributed by atoms with Gasteiger partial charge in [0, 0.05) is 18.5 Å². The van der Waals surface area contributed by atoms with Crippen LogP contribution < -0.4 is 10.9 Å². The number of benzene rings is 1. The lowest BCUT2D eigenvalue weighted by Gasteiger charge is -2.56. The molecule has 0 radical (unpaired) electrons. The molecule has 1 amide bonds. The fourth-order valence-corrected chi connectivity index (χ4v) is 6.98. The fraction of sp³-hybridized carbons (Fsp3) is 0.600. The summed E-state index contributed by atoms with van der Waals surface area (Å²) >= 11 is 1.46. The summed E-state index contributed by atoms with van der Waals surface area (Å²) in [6, 6.07) is 7.66. The first-order valence-electron chi connectivity index (χ1n) is 9.50. The van der Waals surface area contributed by atoms with Gasteiger partial charge in [-0.05, 0) is 68.4 Å². The van der Waals surface area contributed by atoms with Gasteiger partial charge in [0.15, 0.2) is 0 Å². The molecule has 4 fully saturated rings. The van der Waals surface area contributed by atoms with E-state index in [1.807, 2.05) is 24.3 Å². The molecule has 0 unspecified atom stereocenters. The molecule has 2 aromatic rings. The highest BCUT2D eigenvalue weighted by molar-refractivity contribution is 7.13. The third-order valence-electron chi connectivity index (χ3n) is 6.54. The number of amides is 1. The van der Waals surface area contributed by atoms with Crippen LogP contribution in [0, 0.1) is 17.8 Å². The Morgan fingerprint density at radius 1 is 1.12 bits per heavy atom. The Hall–Kier alpha value is -1.62. The van der Waals surface area contributed by atoms with Crippen molar-refractivity contribution in [2.24, 2.45) is 17.8 Å². The van der Waals surface area contributed by atoms with E-state index in [9.17, 15) is 9.59 Å². The van der Waals surface area contributed by atoms with Gasteiger partial charge in [0.05, 0.1) is 10.1 Å². The van der Waals surface area contributed by atoms with Crippen LogP contribution in [-0.4, -0.2) is 15.4 Å². The van der Waals surface area contributed by atoms with Gasteiger partial charge in [0.1, 0.15) is 0 Å². The van der Waals surface area contributed by atoms with Crippen molar-refractivity contribution in [1.29, 1.82) is 0 Å². The maximum Gasteiger partial charge on any atom is 0.268 e. The number of aromatic nitrogens is 1. The number of aryl methyl sites for hydroxylation is 1. The van der Waals surface area contributed by atoms with E-state index < -0.39 is 0 Å². The Balaban J connectivity index is 1.26. The number of carbonyl (C=O) groups is 1. The molecule has 132 valence electrons. The first-order chi connectivity index (χ1) is 12.1. The first-order valence-corrected chi connectivity index (χ1v) is 10.3. The summed E-state index contributed by atoms with van der Waals surface area (Å²) in [5.74, 6) is 2.61. The summed E-state index contributed by atoms with van der Waals surface area (Å²) < 4.78 is 2.72. The number of nitrogens with zero attached hydrogens (tertiary/aromatic N) is 1. The second-order valence-electron chi connectivity index (χ2n) is 8.49. The molecule has 0 atom stereocenters. The monoisotopic (exact) mass is 356 g/mol. The van der Waals surface area contributed by atoms with Crippen molar-refractivity contribution in [2.75, 3.05) is 0 Å². The summed E-state index contributed by atoms with van der Waals surface area (Å²) in [5, 5.41) is 4.16. The molecular formula is C20H24N2O2S. The molecule has 1 heterocycles. The molecular weight excluding hydrogens is 332 g/mol. The van der Waals surface area contributed by atoms with Gasteiger partial charge in [-0.1, -0.05) is 23.7 Å². The van der Waals surface area contributed by atoms with Crippen molar-refractivity contribution in [2.45, 2.75) is 57.0 Å². The Morgan fingerprint density at radius 2 is 1.76 bits per heavy atom. The van der Waals surface area contributed by atoms with E-state index in [4.69, 9.17) is 0 Å². The summed E-state index contributed by atoms with van der Waals surface area (Å²) in [7, 11) is 0. The van der Waals surface area contributed by atoms with E-state index in [-0.39, 0.29) is 17.0 Å². The zero-order valence-electron chi connectivity index (χ0n) is 14.4. The van der Waals surface area contributed by atoms with Gasteiger partial charge in [0.2, 0.25) is 5.91 Å². The van der Waals surface area contributed by atoms with Gasteiger partial charge in [-0.3, -0.25) is 13.5 Å². The Labute approximate surface area is 151 Å². The topological polar surface area (TPSA) is 51.1 Å². The van der Waals surface area contributed by atoms with E-state index >= 15 is 0 Å². The third-order valence-corrected chi connectivity index (χ3v) is 7.66. The number of hydrogen-bond donors (Lipinski definition) is 1. The first kappa shape index (κ1) is 15.6. The molecule has 4 aliphatic carbocycles. The van der Waals surface area contributed by atoms with Crippen LogP contribution in [0.5, 0.6) is 0 Å². The van der Waals surface area contributed by atoms with Gasteiger partial charge in [-0.2, -0.15) is 0 Å². The molecule has 1 N–H and O–H groups in total. The molecule has 0 saturated heterocycles. The summed E-state index contributed by atoms with van der Waals surface area (Å²) in [4.78, 5) is 25.0. The van der Waals surface area contributed by atoms with Crippen molar-refractivity contribution in [3.63, 3.8) is 0 Å². The van der Waals surface area contributed by atoms with Crippen LogP contribution in [0.25, 0.3) is 10.1 Å².